The van der Waals surface area contributed by atoms with Gasteiger partial charge in [0.15, 0.2) is 0 Å². The molecule has 0 heterocycles. The highest BCUT2D eigenvalue weighted by molar-refractivity contribution is 6.32. The Balaban J connectivity index is 2.71. The fourth-order valence-electron chi connectivity index (χ4n) is 1.67. The summed E-state index contributed by atoms with van der Waals surface area (Å²) < 4.78 is 26.2. The maximum Gasteiger partial charge on any atom is 0.129 e. The van der Waals surface area contributed by atoms with Gasteiger partial charge in [0.05, 0.1) is 9.68 Å². The number of rotatable bonds is 5. The van der Waals surface area contributed by atoms with E-state index in [1.54, 1.807) is 0 Å². The number of benzene rings is 1. The lowest BCUT2D eigenvalue weighted by molar-refractivity contribution is 0.453. The molecule has 1 nitrogen and oxygen atoms in total. The lowest BCUT2D eigenvalue weighted by Crippen LogP contribution is -2.43. The van der Waals surface area contributed by atoms with Gasteiger partial charge in [0, 0.05) is 11.6 Å². The van der Waals surface area contributed by atoms with E-state index in [0.29, 0.717) is 12.0 Å². The molecule has 1 N–H and O–H groups in total. The van der Waals surface area contributed by atoms with E-state index in [1.165, 1.54) is 18.2 Å². The highest BCUT2D eigenvalue weighted by Crippen LogP contribution is 2.16. The van der Waals surface area contributed by atoms with Crippen LogP contribution in [0.2, 0.25) is 6.04 Å². The van der Waals surface area contributed by atoms with E-state index < -0.39 is 11.6 Å². The van der Waals surface area contributed by atoms with E-state index in [2.05, 4.69) is 25.8 Å². The number of hydrogen-bond acceptors (Lipinski definition) is 1. The van der Waals surface area contributed by atoms with Gasteiger partial charge in [-0.3, -0.25) is 0 Å². The Labute approximate surface area is 98.2 Å². The number of nitrogens with one attached hydrogen (secondary N) is 1. The van der Waals surface area contributed by atoms with Gasteiger partial charge in [0.2, 0.25) is 0 Å². The molecule has 1 rings (SSSR count). The first kappa shape index (κ1) is 13.3. The third-order valence-corrected chi connectivity index (χ3v) is 4.21. The van der Waals surface area contributed by atoms with Crippen LogP contribution in [-0.2, 0) is 6.42 Å². The minimum absolute atomic E-state index is 0.110. The van der Waals surface area contributed by atoms with E-state index in [0.717, 1.165) is 6.07 Å². The average Bonchev–Trinajstić information content (AvgIpc) is 2.19. The number of hydrogen-bond donors (Lipinski definition) is 1. The van der Waals surface area contributed by atoms with Crippen LogP contribution in [0.4, 0.5) is 8.78 Å². The van der Waals surface area contributed by atoms with E-state index in [-0.39, 0.29) is 15.2 Å². The molecule has 0 bridgehead atoms. The van der Waals surface area contributed by atoms with Crippen molar-refractivity contribution < 1.29 is 8.78 Å². The molecule has 90 valence electrons. The molecule has 0 amide bonds. The first-order valence-corrected chi connectivity index (χ1v) is 7.34. The van der Waals surface area contributed by atoms with Crippen LogP contribution >= 0.6 is 0 Å². The normalized spacial score (nSPS) is 12.6. The van der Waals surface area contributed by atoms with Crippen molar-refractivity contribution in [2.24, 2.45) is 0 Å². The quantitative estimate of drug-likeness (QED) is 0.783. The van der Waals surface area contributed by atoms with Gasteiger partial charge >= 0.3 is 0 Å². The third-order valence-electron chi connectivity index (χ3n) is 2.50. The molecule has 0 aliphatic carbocycles. The van der Waals surface area contributed by atoms with Crippen LogP contribution in [0.5, 0.6) is 0 Å². The predicted octanol–water partition coefficient (Wildman–Crippen LogP) is 2.40. The van der Waals surface area contributed by atoms with Crippen LogP contribution in [0.1, 0.15) is 26.3 Å². The van der Waals surface area contributed by atoms with Crippen molar-refractivity contribution in [3.8, 4) is 0 Å². The van der Waals surface area contributed by atoms with Crippen LogP contribution in [0.25, 0.3) is 0 Å². The van der Waals surface area contributed by atoms with Gasteiger partial charge in [-0.1, -0.05) is 19.0 Å². The van der Waals surface area contributed by atoms with E-state index in [4.69, 9.17) is 0 Å². The summed E-state index contributed by atoms with van der Waals surface area (Å²) in [6, 6.07) is 4.96. The highest BCUT2D eigenvalue weighted by Gasteiger charge is 2.19. The van der Waals surface area contributed by atoms with E-state index in [9.17, 15) is 8.78 Å². The van der Waals surface area contributed by atoms with Gasteiger partial charge in [-0.15, -0.1) is 0 Å². The first-order chi connectivity index (χ1) is 7.44. The first-order valence-electron chi connectivity index (χ1n) is 5.63. The lowest BCUT2D eigenvalue weighted by atomic mass is 9.96. The van der Waals surface area contributed by atoms with Gasteiger partial charge in [0.1, 0.15) is 11.6 Å². The largest absolute Gasteiger partial charge is 0.337 e. The lowest BCUT2D eigenvalue weighted by Gasteiger charge is -2.26. The molecule has 1 aromatic rings. The van der Waals surface area contributed by atoms with Gasteiger partial charge in [-0.2, -0.15) is 0 Å². The molecule has 0 aromatic heterocycles. The fraction of sp³-hybridized carbons (Fsp3) is 0.500. The zero-order valence-electron chi connectivity index (χ0n) is 10.1. The molecule has 0 aliphatic rings. The molecule has 16 heavy (non-hydrogen) atoms. The van der Waals surface area contributed by atoms with Crippen LogP contribution in [0, 0.1) is 11.6 Å². The van der Waals surface area contributed by atoms with Crippen molar-refractivity contribution in [2.45, 2.75) is 38.8 Å². The van der Waals surface area contributed by atoms with Crippen molar-refractivity contribution >= 4 is 9.68 Å². The Morgan fingerprint density at radius 2 is 2.00 bits per heavy atom. The predicted molar refractivity (Wildman–Crippen MR) is 66.3 cm³/mol. The summed E-state index contributed by atoms with van der Waals surface area (Å²) >= 11 is 0. The van der Waals surface area contributed by atoms with Crippen molar-refractivity contribution in [1.82, 2.24) is 4.98 Å². The Morgan fingerprint density at radius 1 is 1.31 bits per heavy atom. The summed E-state index contributed by atoms with van der Waals surface area (Å²) in [7, 11) is -0.265. The molecule has 0 saturated heterocycles. The minimum atomic E-state index is -0.519. The zero-order valence-corrected chi connectivity index (χ0v) is 11.5. The van der Waals surface area contributed by atoms with Crippen LogP contribution in [0.15, 0.2) is 18.2 Å². The Kier molecular flexibility index (Phi) is 4.62. The Morgan fingerprint density at radius 3 is 2.56 bits per heavy atom. The molecule has 0 aliphatic heterocycles. The topological polar surface area (TPSA) is 12.0 Å². The SMILES string of the molecule is CC[SiH2]NC(C)(C)Cc1ccc(F)cc1F. The second kappa shape index (κ2) is 5.55. The maximum absolute atomic E-state index is 13.4. The summed E-state index contributed by atoms with van der Waals surface area (Å²) in [6.45, 7) is 6.25. The molecule has 1 aromatic carbocycles. The van der Waals surface area contributed by atoms with E-state index >= 15 is 0 Å². The Bertz CT molecular complexity index is 353. The summed E-state index contributed by atoms with van der Waals surface area (Å²) in [5, 5.41) is 0. The highest BCUT2D eigenvalue weighted by atomic mass is 28.2. The monoisotopic (exact) mass is 243 g/mol. The van der Waals surface area contributed by atoms with Crippen molar-refractivity contribution in [3.63, 3.8) is 0 Å². The second-order valence-electron chi connectivity index (χ2n) is 4.72. The second-order valence-corrected chi connectivity index (χ2v) is 6.58. The summed E-state index contributed by atoms with van der Waals surface area (Å²) in [5.74, 6) is -0.969. The van der Waals surface area contributed by atoms with Gasteiger partial charge in [-0.25, -0.2) is 8.78 Å². The summed E-state index contributed by atoms with van der Waals surface area (Å²) in [5.41, 5.74) is 0.463. The van der Waals surface area contributed by atoms with Crippen molar-refractivity contribution in [1.29, 1.82) is 0 Å². The summed E-state index contributed by atoms with van der Waals surface area (Å²) in [4.78, 5) is 3.48. The van der Waals surface area contributed by atoms with Crippen molar-refractivity contribution in [2.75, 3.05) is 0 Å². The molecule has 0 unspecified atom stereocenters. The maximum atomic E-state index is 13.4. The van der Waals surface area contributed by atoms with Crippen LogP contribution < -0.4 is 4.98 Å². The molecular weight excluding hydrogens is 224 g/mol. The smallest absolute Gasteiger partial charge is 0.129 e. The van der Waals surface area contributed by atoms with Crippen LogP contribution in [-0.4, -0.2) is 15.2 Å². The molecular formula is C12H19F2NSi. The number of halogens is 2. The molecule has 0 fully saturated rings. The van der Waals surface area contributed by atoms with Gasteiger partial charge < -0.3 is 4.98 Å². The molecule has 0 spiro atoms. The summed E-state index contributed by atoms with van der Waals surface area (Å²) in [6.07, 6.45) is 0.589. The van der Waals surface area contributed by atoms with Crippen LogP contribution in [0.3, 0.4) is 0 Å². The van der Waals surface area contributed by atoms with Gasteiger partial charge in [-0.05, 0) is 31.9 Å². The van der Waals surface area contributed by atoms with Gasteiger partial charge in [0.25, 0.3) is 0 Å². The Hall–Kier alpha value is -0.743. The minimum Gasteiger partial charge on any atom is -0.337 e. The van der Waals surface area contributed by atoms with Crippen molar-refractivity contribution in [3.05, 3.63) is 35.4 Å². The molecule has 0 radical (unpaired) electrons. The standard InChI is InChI=1S/C12H19F2NSi/c1-4-16-15-12(2,3)8-9-5-6-10(13)7-11(9)14/h5-7,15H,4,8,16H2,1-3H3. The zero-order chi connectivity index (χ0) is 12.2. The molecule has 0 atom stereocenters. The average molecular weight is 243 g/mol. The third kappa shape index (κ3) is 4.02. The molecule has 4 heteroatoms. The molecule has 0 saturated carbocycles. The van der Waals surface area contributed by atoms with E-state index in [1.807, 2.05) is 0 Å². The fourth-order valence-corrected chi connectivity index (χ4v) is 2.72.